The van der Waals surface area contributed by atoms with Gasteiger partial charge in [-0.05, 0) is 69.3 Å². The molecule has 6 N–H and O–H groups in total. The quantitative estimate of drug-likeness (QED) is 0.149. The number of hydrogen-bond donors (Lipinski definition) is 6. The van der Waals surface area contributed by atoms with Gasteiger partial charge in [-0.25, -0.2) is 4.79 Å². The molecule has 6 rings (SSSR count). The molecule has 2 aliphatic heterocycles. The van der Waals surface area contributed by atoms with Crippen molar-refractivity contribution in [3.63, 3.8) is 0 Å². The van der Waals surface area contributed by atoms with E-state index >= 15 is 0 Å². The Bertz CT molecular complexity index is 1080. The minimum atomic E-state index is -1.51. The van der Waals surface area contributed by atoms with E-state index in [2.05, 4.69) is 0 Å². The molecule has 224 valence electrons. The van der Waals surface area contributed by atoms with Crippen molar-refractivity contribution in [3.05, 3.63) is 11.6 Å². The Morgan fingerprint density at radius 2 is 1.75 bits per heavy atom. The summed E-state index contributed by atoms with van der Waals surface area (Å²) >= 11 is 0. The second-order valence-corrected chi connectivity index (χ2v) is 13.6. The van der Waals surface area contributed by atoms with Gasteiger partial charge in [0, 0.05) is 23.8 Å². The molecule has 4 aliphatic carbocycles. The number of rotatable bonds is 4. The molecule has 0 bridgehead atoms. The molecule has 0 amide bonds. The first-order valence-corrected chi connectivity index (χ1v) is 14.6. The Morgan fingerprint density at radius 1 is 1.00 bits per heavy atom. The van der Waals surface area contributed by atoms with Crippen LogP contribution in [0.3, 0.4) is 0 Å². The number of carbonyl (C=O) groups excluding carboxylic acids is 2. The molecule has 5 unspecified atom stereocenters. The molecule has 5 fully saturated rings. The fraction of sp³-hybridized carbons (Fsp3) is 0.862. The number of aldehydes is 1. The van der Waals surface area contributed by atoms with Crippen molar-refractivity contribution in [1.82, 2.24) is 0 Å². The Labute approximate surface area is 233 Å². The molecule has 0 spiro atoms. The predicted octanol–water partition coefficient (Wildman–Crippen LogP) is -0.279. The maximum atomic E-state index is 13.0. The van der Waals surface area contributed by atoms with Crippen LogP contribution in [0.15, 0.2) is 11.6 Å². The number of fused-ring (bicyclic) bond motifs is 5. The second kappa shape index (κ2) is 9.54. The van der Waals surface area contributed by atoms with E-state index < -0.39 is 82.8 Å². The Balaban J connectivity index is 1.25. The zero-order chi connectivity index (χ0) is 28.8. The van der Waals surface area contributed by atoms with Crippen LogP contribution in [-0.4, -0.2) is 104 Å². The van der Waals surface area contributed by atoms with Crippen molar-refractivity contribution in [1.29, 1.82) is 0 Å². The van der Waals surface area contributed by atoms with Gasteiger partial charge in [0.15, 0.2) is 6.29 Å². The predicted molar refractivity (Wildman–Crippen MR) is 136 cm³/mol. The van der Waals surface area contributed by atoms with Crippen LogP contribution < -0.4 is 0 Å². The lowest BCUT2D eigenvalue weighted by atomic mass is 9.41. The third-order valence-electron chi connectivity index (χ3n) is 11.9. The standard InChI is InChI=1S/C29H42O11/c1-14-22(33)23(34)24(35)25(39-14)40-16-3-6-27(13-30)21-18(4-7-28(27,36)10-16)29(37)8-5-17(15-9-20(32)38-12-15)26(29,2)11-19(21)31/h9,13-14,16-19,21-25,31,33-37H,3-8,10-12H2,1-2H3/t14?,16-,17+,18?,19+,21?,22-,23?,24?,25+,26+,27-,28-,29-/m0/s1. The first-order chi connectivity index (χ1) is 18.8. The van der Waals surface area contributed by atoms with Crippen molar-refractivity contribution in [2.75, 3.05) is 6.61 Å². The molecule has 4 saturated carbocycles. The van der Waals surface area contributed by atoms with E-state index in [9.17, 15) is 40.2 Å². The zero-order valence-corrected chi connectivity index (χ0v) is 23.0. The highest BCUT2D eigenvalue weighted by Crippen LogP contribution is 2.70. The first-order valence-electron chi connectivity index (χ1n) is 14.6. The summed E-state index contributed by atoms with van der Waals surface area (Å²) in [6.07, 6.45) is -2.87. The summed E-state index contributed by atoms with van der Waals surface area (Å²) in [4.78, 5) is 24.8. The van der Waals surface area contributed by atoms with Gasteiger partial charge in [0.05, 0.1) is 34.9 Å². The fourth-order valence-electron chi connectivity index (χ4n) is 9.82. The maximum Gasteiger partial charge on any atom is 0.331 e. The fourth-order valence-corrected chi connectivity index (χ4v) is 9.82. The smallest absolute Gasteiger partial charge is 0.331 e. The van der Waals surface area contributed by atoms with Crippen molar-refractivity contribution < 1.29 is 54.4 Å². The van der Waals surface area contributed by atoms with Crippen LogP contribution in [0.2, 0.25) is 0 Å². The van der Waals surface area contributed by atoms with E-state index in [0.717, 1.165) is 11.9 Å². The molecule has 11 heteroatoms. The SMILES string of the molecule is CC1O[C@H](O[C@H]2CC[C@]3(C=O)C4C(CC[C@]3(O)C2)[C@@]2(O)CC[C@H](C3=CC(=O)OC3)[C@@]2(C)C[C@H]4O)C(O)C(O)[C@H]1O. The van der Waals surface area contributed by atoms with Gasteiger partial charge in [0.2, 0.25) is 0 Å². The van der Waals surface area contributed by atoms with Gasteiger partial charge >= 0.3 is 5.97 Å². The number of esters is 1. The molecule has 0 radical (unpaired) electrons. The van der Waals surface area contributed by atoms with E-state index in [1.54, 1.807) is 6.92 Å². The highest BCUT2D eigenvalue weighted by molar-refractivity contribution is 5.85. The minimum Gasteiger partial charge on any atom is -0.458 e. The average Bonchev–Trinajstić information content (AvgIpc) is 3.45. The van der Waals surface area contributed by atoms with Crippen LogP contribution >= 0.6 is 0 Å². The number of aliphatic hydroxyl groups excluding tert-OH is 4. The summed E-state index contributed by atoms with van der Waals surface area (Å²) in [7, 11) is 0. The van der Waals surface area contributed by atoms with Crippen LogP contribution in [0, 0.1) is 28.6 Å². The summed E-state index contributed by atoms with van der Waals surface area (Å²) in [5, 5.41) is 66.7. The third kappa shape index (κ3) is 3.78. The zero-order valence-electron chi connectivity index (χ0n) is 23.0. The largest absolute Gasteiger partial charge is 0.458 e. The molecule has 0 aromatic heterocycles. The molecular formula is C29H42O11. The summed E-state index contributed by atoms with van der Waals surface area (Å²) < 4.78 is 16.8. The minimum absolute atomic E-state index is 0.0615. The number of carbonyl (C=O) groups is 2. The van der Waals surface area contributed by atoms with Gasteiger partial charge in [-0.1, -0.05) is 6.92 Å². The van der Waals surface area contributed by atoms with E-state index in [-0.39, 0.29) is 38.2 Å². The summed E-state index contributed by atoms with van der Waals surface area (Å²) in [6.45, 7) is 3.72. The topological polar surface area (TPSA) is 183 Å². The molecule has 40 heavy (non-hydrogen) atoms. The molecule has 0 aromatic carbocycles. The molecular weight excluding hydrogens is 524 g/mol. The summed E-state index contributed by atoms with van der Waals surface area (Å²) in [6, 6.07) is 0. The molecule has 11 nitrogen and oxygen atoms in total. The van der Waals surface area contributed by atoms with Crippen molar-refractivity contribution >= 4 is 12.3 Å². The van der Waals surface area contributed by atoms with E-state index in [4.69, 9.17) is 14.2 Å². The highest BCUT2D eigenvalue weighted by Gasteiger charge is 2.73. The van der Waals surface area contributed by atoms with Gasteiger partial charge in [0.1, 0.15) is 31.2 Å². The Hall–Kier alpha value is -1.44. The normalized spacial score (nSPS) is 56.0. The van der Waals surface area contributed by atoms with Gasteiger partial charge in [-0.15, -0.1) is 0 Å². The molecule has 1 saturated heterocycles. The number of ether oxygens (including phenoxy) is 3. The van der Waals surface area contributed by atoms with E-state index in [1.165, 1.54) is 6.08 Å². The van der Waals surface area contributed by atoms with Gasteiger partial charge in [-0.3, -0.25) is 0 Å². The number of hydrogen-bond acceptors (Lipinski definition) is 11. The molecule has 6 aliphatic rings. The number of cyclic esters (lactones) is 1. The third-order valence-corrected chi connectivity index (χ3v) is 11.9. The molecule has 2 heterocycles. The monoisotopic (exact) mass is 566 g/mol. The second-order valence-electron chi connectivity index (χ2n) is 13.6. The van der Waals surface area contributed by atoms with Crippen LogP contribution in [0.4, 0.5) is 0 Å². The van der Waals surface area contributed by atoms with Crippen LogP contribution in [0.1, 0.15) is 65.2 Å². The van der Waals surface area contributed by atoms with Gasteiger partial charge < -0.3 is 49.6 Å². The summed E-state index contributed by atoms with van der Waals surface area (Å²) in [5.41, 5.74) is -3.89. The van der Waals surface area contributed by atoms with Crippen LogP contribution in [-0.2, 0) is 23.8 Å². The molecule has 0 aromatic rings. The Kier molecular flexibility index (Phi) is 6.83. The average molecular weight is 567 g/mol. The highest BCUT2D eigenvalue weighted by atomic mass is 16.7. The van der Waals surface area contributed by atoms with Crippen molar-refractivity contribution in [2.45, 2.75) is 119 Å². The van der Waals surface area contributed by atoms with Crippen LogP contribution in [0.25, 0.3) is 0 Å². The molecule has 14 atom stereocenters. The lowest BCUT2D eigenvalue weighted by Crippen LogP contribution is -2.72. The maximum absolute atomic E-state index is 13.0. The van der Waals surface area contributed by atoms with Crippen molar-refractivity contribution in [3.8, 4) is 0 Å². The summed E-state index contributed by atoms with van der Waals surface area (Å²) in [5.74, 6) is -1.61. The number of aliphatic hydroxyl groups is 6. The van der Waals surface area contributed by atoms with Gasteiger partial charge in [0.25, 0.3) is 0 Å². The van der Waals surface area contributed by atoms with E-state index in [1.807, 2.05) is 6.92 Å². The van der Waals surface area contributed by atoms with E-state index in [0.29, 0.717) is 25.7 Å². The lowest BCUT2D eigenvalue weighted by molar-refractivity contribution is -0.320. The van der Waals surface area contributed by atoms with Crippen molar-refractivity contribution in [2.24, 2.45) is 28.6 Å². The Morgan fingerprint density at radius 3 is 2.42 bits per heavy atom. The van der Waals surface area contributed by atoms with Crippen LogP contribution in [0.5, 0.6) is 0 Å². The van der Waals surface area contributed by atoms with Gasteiger partial charge in [-0.2, -0.15) is 0 Å². The lowest BCUT2D eigenvalue weighted by Gasteiger charge is -2.66. The first kappa shape index (κ1) is 28.7.